The minimum atomic E-state index is -1.04. The third-order valence-electron chi connectivity index (χ3n) is 1.57. The Morgan fingerprint density at radius 3 is 2.71 bits per heavy atom. The van der Waals surface area contributed by atoms with Gasteiger partial charge in [0.05, 0.1) is 6.42 Å². The normalized spacial score (nSPS) is 9.50. The molecular weight excluding hydrogens is 253 g/mol. The standard InChI is InChI=1S/C9H5BrFNO2/c10-7-1-5(3-9(13)14)2-8(11)6(7)4-12/h1-2H,3H2,(H,13,14). The summed E-state index contributed by atoms with van der Waals surface area (Å²) in [6.07, 6.45) is -0.263. The van der Waals surface area contributed by atoms with Gasteiger partial charge in [0.15, 0.2) is 0 Å². The van der Waals surface area contributed by atoms with E-state index in [4.69, 9.17) is 10.4 Å². The first-order chi connectivity index (χ1) is 6.54. The van der Waals surface area contributed by atoms with Gasteiger partial charge in [0.2, 0.25) is 0 Å². The molecule has 0 aliphatic carbocycles. The number of nitriles is 1. The summed E-state index contributed by atoms with van der Waals surface area (Å²) < 4.78 is 13.4. The minimum absolute atomic E-state index is 0.112. The molecule has 3 nitrogen and oxygen atoms in total. The molecule has 0 saturated carbocycles. The molecule has 0 bridgehead atoms. The molecule has 1 aromatic carbocycles. The van der Waals surface area contributed by atoms with Crippen molar-refractivity contribution in [1.82, 2.24) is 0 Å². The highest BCUT2D eigenvalue weighted by atomic mass is 79.9. The molecule has 0 aromatic heterocycles. The fourth-order valence-corrected chi connectivity index (χ4v) is 1.58. The molecule has 0 aliphatic rings. The van der Waals surface area contributed by atoms with Gasteiger partial charge in [0.25, 0.3) is 0 Å². The van der Waals surface area contributed by atoms with Gasteiger partial charge in [-0.2, -0.15) is 5.26 Å². The molecule has 1 rings (SSSR count). The van der Waals surface area contributed by atoms with E-state index in [1.54, 1.807) is 6.07 Å². The Balaban J connectivity index is 3.15. The predicted molar refractivity (Wildman–Crippen MR) is 50.2 cm³/mol. The second-order valence-electron chi connectivity index (χ2n) is 2.62. The molecule has 0 spiro atoms. The van der Waals surface area contributed by atoms with Crippen LogP contribution in [0.3, 0.4) is 0 Å². The lowest BCUT2D eigenvalue weighted by atomic mass is 10.1. The second kappa shape index (κ2) is 4.20. The fraction of sp³-hybridized carbons (Fsp3) is 0.111. The number of halogens is 2. The predicted octanol–water partition coefficient (Wildman–Crippen LogP) is 2.09. The number of rotatable bonds is 2. The van der Waals surface area contributed by atoms with Gasteiger partial charge < -0.3 is 5.11 Å². The summed E-state index contributed by atoms with van der Waals surface area (Å²) in [6, 6.07) is 4.15. The Kier molecular flexibility index (Phi) is 3.20. The van der Waals surface area contributed by atoms with E-state index in [0.717, 1.165) is 6.07 Å². The summed E-state index contributed by atoms with van der Waals surface area (Å²) in [5.74, 6) is -1.75. The second-order valence-corrected chi connectivity index (χ2v) is 3.47. The van der Waals surface area contributed by atoms with Gasteiger partial charge in [-0.25, -0.2) is 4.39 Å². The van der Waals surface area contributed by atoms with Crippen LogP contribution in [-0.4, -0.2) is 11.1 Å². The zero-order valence-corrected chi connectivity index (χ0v) is 8.51. The number of hydrogen-bond donors (Lipinski definition) is 1. The molecule has 1 aromatic rings. The largest absolute Gasteiger partial charge is 0.481 e. The molecule has 14 heavy (non-hydrogen) atoms. The number of hydrogen-bond acceptors (Lipinski definition) is 2. The Hall–Kier alpha value is -1.41. The van der Waals surface area contributed by atoms with Gasteiger partial charge in [-0.15, -0.1) is 0 Å². The van der Waals surface area contributed by atoms with Crippen molar-refractivity contribution in [2.24, 2.45) is 0 Å². The first kappa shape index (κ1) is 10.7. The van der Waals surface area contributed by atoms with Crippen molar-refractivity contribution in [3.8, 4) is 6.07 Å². The van der Waals surface area contributed by atoms with Crippen LogP contribution in [-0.2, 0) is 11.2 Å². The highest BCUT2D eigenvalue weighted by Gasteiger charge is 2.10. The maximum atomic E-state index is 13.1. The maximum absolute atomic E-state index is 13.1. The van der Waals surface area contributed by atoms with E-state index >= 15 is 0 Å². The van der Waals surface area contributed by atoms with Gasteiger partial charge in [-0.05, 0) is 33.6 Å². The Labute approximate surface area is 87.9 Å². The number of carbonyl (C=O) groups is 1. The van der Waals surface area contributed by atoms with Crippen LogP contribution in [0.4, 0.5) is 4.39 Å². The van der Waals surface area contributed by atoms with E-state index in [2.05, 4.69) is 15.9 Å². The van der Waals surface area contributed by atoms with Crippen LogP contribution >= 0.6 is 15.9 Å². The Morgan fingerprint density at radius 2 is 2.29 bits per heavy atom. The smallest absolute Gasteiger partial charge is 0.307 e. The monoisotopic (exact) mass is 257 g/mol. The maximum Gasteiger partial charge on any atom is 0.307 e. The quantitative estimate of drug-likeness (QED) is 0.883. The van der Waals surface area contributed by atoms with E-state index in [9.17, 15) is 9.18 Å². The molecule has 0 fully saturated rings. The Morgan fingerprint density at radius 1 is 1.64 bits per heavy atom. The molecule has 0 heterocycles. The van der Waals surface area contributed by atoms with E-state index in [-0.39, 0.29) is 16.5 Å². The summed E-state index contributed by atoms with van der Waals surface area (Å²) in [7, 11) is 0. The van der Waals surface area contributed by atoms with Crippen LogP contribution in [0.2, 0.25) is 0 Å². The number of benzene rings is 1. The Bertz CT molecular complexity index is 402. The molecule has 5 heteroatoms. The molecule has 0 aliphatic heterocycles. The molecule has 1 N–H and O–H groups in total. The molecule has 0 saturated heterocycles. The van der Waals surface area contributed by atoms with Gasteiger partial charge in [0.1, 0.15) is 17.4 Å². The number of carboxylic acids is 1. The first-order valence-electron chi connectivity index (χ1n) is 3.64. The number of carboxylic acid groups (broad SMARTS) is 1. The van der Waals surface area contributed by atoms with Crippen molar-refractivity contribution in [2.45, 2.75) is 6.42 Å². The molecule has 0 unspecified atom stereocenters. The van der Waals surface area contributed by atoms with Crippen molar-refractivity contribution >= 4 is 21.9 Å². The third-order valence-corrected chi connectivity index (χ3v) is 2.19. The van der Waals surface area contributed by atoms with Crippen LogP contribution < -0.4 is 0 Å². The summed E-state index contributed by atoms with van der Waals surface area (Å²) >= 11 is 2.99. The molecule has 0 radical (unpaired) electrons. The molecule has 72 valence electrons. The average molecular weight is 258 g/mol. The SMILES string of the molecule is N#Cc1c(F)cc(CC(=O)O)cc1Br. The van der Waals surface area contributed by atoms with Crippen molar-refractivity contribution in [3.63, 3.8) is 0 Å². The molecular formula is C9H5BrFNO2. The van der Waals surface area contributed by atoms with Crippen LogP contribution in [0.5, 0.6) is 0 Å². The van der Waals surface area contributed by atoms with Gasteiger partial charge in [0, 0.05) is 4.47 Å². The zero-order valence-electron chi connectivity index (χ0n) is 6.92. The van der Waals surface area contributed by atoms with Crippen LogP contribution in [0, 0.1) is 17.1 Å². The summed E-state index contributed by atoms with van der Waals surface area (Å²) in [5.41, 5.74) is 0.208. The van der Waals surface area contributed by atoms with Gasteiger partial charge in [-0.3, -0.25) is 4.79 Å². The minimum Gasteiger partial charge on any atom is -0.481 e. The van der Waals surface area contributed by atoms with Gasteiger partial charge in [-0.1, -0.05) is 0 Å². The summed E-state index contributed by atoms with van der Waals surface area (Å²) in [6.45, 7) is 0. The topological polar surface area (TPSA) is 61.1 Å². The molecule has 0 atom stereocenters. The summed E-state index contributed by atoms with van der Waals surface area (Å²) in [4.78, 5) is 10.3. The zero-order chi connectivity index (χ0) is 10.7. The lowest BCUT2D eigenvalue weighted by Gasteiger charge is -2.01. The van der Waals surface area contributed by atoms with E-state index in [0.29, 0.717) is 5.56 Å². The highest BCUT2D eigenvalue weighted by Crippen LogP contribution is 2.21. The summed E-state index contributed by atoms with van der Waals surface area (Å²) in [5, 5.41) is 17.0. The van der Waals surface area contributed by atoms with E-state index in [1.807, 2.05) is 0 Å². The van der Waals surface area contributed by atoms with E-state index in [1.165, 1.54) is 6.07 Å². The average Bonchev–Trinajstić information content (AvgIpc) is 2.01. The van der Waals surface area contributed by atoms with Crippen molar-refractivity contribution in [3.05, 3.63) is 33.5 Å². The number of aliphatic carboxylic acids is 1. The van der Waals surface area contributed by atoms with Crippen LogP contribution in [0.15, 0.2) is 16.6 Å². The van der Waals surface area contributed by atoms with Crippen molar-refractivity contribution in [1.29, 1.82) is 5.26 Å². The molecule has 0 amide bonds. The number of nitrogens with zero attached hydrogens (tertiary/aromatic N) is 1. The first-order valence-corrected chi connectivity index (χ1v) is 4.43. The van der Waals surface area contributed by atoms with Crippen molar-refractivity contribution in [2.75, 3.05) is 0 Å². The van der Waals surface area contributed by atoms with Crippen LogP contribution in [0.1, 0.15) is 11.1 Å². The van der Waals surface area contributed by atoms with Gasteiger partial charge >= 0.3 is 5.97 Å². The lowest BCUT2D eigenvalue weighted by molar-refractivity contribution is -0.136. The van der Waals surface area contributed by atoms with Crippen LogP contribution in [0.25, 0.3) is 0 Å². The van der Waals surface area contributed by atoms with Crippen molar-refractivity contribution < 1.29 is 14.3 Å². The fourth-order valence-electron chi connectivity index (χ4n) is 1.01. The third kappa shape index (κ3) is 2.30. The van der Waals surface area contributed by atoms with E-state index < -0.39 is 11.8 Å². The lowest BCUT2D eigenvalue weighted by Crippen LogP contribution is -2.01. The highest BCUT2D eigenvalue weighted by molar-refractivity contribution is 9.10.